The van der Waals surface area contributed by atoms with Crippen LogP contribution in [0.1, 0.15) is 18.9 Å². The van der Waals surface area contributed by atoms with Crippen molar-refractivity contribution >= 4 is 5.91 Å². The summed E-state index contributed by atoms with van der Waals surface area (Å²) in [5.74, 6) is -0.459. The molecule has 0 bridgehead atoms. The monoisotopic (exact) mass is 346 g/mol. The second-order valence-electron chi connectivity index (χ2n) is 5.77. The van der Waals surface area contributed by atoms with E-state index in [1.165, 1.54) is 18.2 Å². The molecule has 1 aromatic carbocycles. The van der Waals surface area contributed by atoms with Gasteiger partial charge in [0.15, 0.2) is 0 Å². The third-order valence-corrected chi connectivity index (χ3v) is 3.81. The fourth-order valence-electron chi connectivity index (χ4n) is 2.51. The number of nitrogens with one attached hydrogen (secondary N) is 2. The Kier molecular flexibility index (Phi) is 6.06. The molecule has 1 saturated heterocycles. The van der Waals surface area contributed by atoms with E-state index in [2.05, 4.69) is 10.6 Å². The molecule has 0 aliphatic carbocycles. The van der Waals surface area contributed by atoms with Crippen molar-refractivity contribution < 1.29 is 27.4 Å². The lowest BCUT2D eigenvalue weighted by molar-refractivity contribution is -0.139. The van der Waals surface area contributed by atoms with E-state index in [4.69, 9.17) is 9.47 Å². The summed E-state index contributed by atoms with van der Waals surface area (Å²) in [5, 5.41) is 5.77. The molecule has 1 heterocycles. The van der Waals surface area contributed by atoms with E-state index in [9.17, 15) is 18.0 Å². The second-order valence-corrected chi connectivity index (χ2v) is 5.77. The van der Waals surface area contributed by atoms with Gasteiger partial charge in [-0.15, -0.1) is 0 Å². The Bertz CT molecular complexity index is 566. The van der Waals surface area contributed by atoms with Gasteiger partial charge in [-0.3, -0.25) is 4.79 Å². The number of halogens is 3. The highest BCUT2D eigenvalue weighted by atomic mass is 19.4. The Hall–Kier alpha value is -1.80. The molecule has 5 nitrogen and oxygen atoms in total. The molecule has 1 aromatic rings. The summed E-state index contributed by atoms with van der Waals surface area (Å²) in [7, 11) is 1.58. The minimum Gasteiger partial charge on any atom is -0.491 e. The van der Waals surface area contributed by atoms with Crippen LogP contribution in [0.15, 0.2) is 24.3 Å². The van der Waals surface area contributed by atoms with Gasteiger partial charge in [-0.1, -0.05) is 12.1 Å². The molecule has 0 saturated carbocycles. The van der Waals surface area contributed by atoms with E-state index in [0.717, 1.165) is 6.07 Å². The van der Waals surface area contributed by atoms with Crippen molar-refractivity contribution in [2.45, 2.75) is 37.7 Å². The summed E-state index contributed by atoms with van der Waals surface area (Å²) >= 11 is 0. The zero-order valence-corrected chi connectivity index (χ0v) is 13.5. The van der Waals surface area contributed by atoms with Crippen LogP contribution in [0.5, 0.6) is 5.75 Å². The fourth-order valence-corrected chi connectivity index (χ4v) is 2.51. The Balaban J connectivity index is 1.86. The largest absolute Gasteiger partial charge is 0.491 e. The smallest absolute Gasteiger partial charge is 0.419 e. The van der Waals surface area contributed by atoms with E-state index >= 15 is 0 Å². The highest BCUT2D eigenvalue weighted by Crippen LogP contribution is 2.35. The molecule has 2 N–H and O–H groups in total. The van der Waals surface area contributed by atoms with Crippen molar-refractivity contribution in [1.82, 2.24) is 10.6 Å². The first-order valence-electron chi connectivity index (χ1n) is 7.67. The normalized spacial score (nSPS) is 22.2. The number of amides is 1. The lowest BCUT2D eigenvalue weighted by atomic mass is 10.2. The maximum absolute atomic E-state index is 12.9. The maximum Gasteiger partial charge on any atom is 0.419 e. The van der Waals surface area contributed by atoms with Gasteiger partial charge in [-0.2, -0.15) is 13.2 Å². The number of methoxy groups -OCH3 is 1. The van der Waals surface area contributed by atoms with Gasteiger partial charge in [-0.05, 0) is 25.5 Å². The Morgan fingerprint density at radius 1 is 1.42 bits per heavy atom. The third kappa shape index (κ3) is 4.85. The van der Waals surface area contributed by atoms with Crippen molar-refractivity contribution in [3.05, 3.63) is 29.8 Å². The van der Waals surface area contributed by atoms with Gasteiger partial charge in [-0.25, -0.2) is 0 Å². The first kappa shape index (κ1) is 18.5. The van der Waals surface area contributed by atoms with Crippen LogP contribution in [-0.2, 0) is 15.7 Å². The number of carbonyl (C=O) groups is 1. The van der Waals surface area contributed by atoms with E-state index in [1.54, 1.807) is 14.0 Å². The zero-order chi connectivity index (χ0) is 17.7. The summed E-state index contributed by atoms with van der Waals surface area (Å²) in [6, 6.07) is 4.22. The average Bonchev–Trinajstić information content (AvgIpc) is 3.01. The molecule has 1 aliphatic heterocycles. The molecule has 1 aliphatic rings. The van der Waals surface area contributed by atoms with Crippen LogP contribution in [0, 0.1) is 0 Å². The standard InChI is InChI=1S/C16H21F3N2O3/c1-10(21-15(22)13-7-11(23-2)8-20-13)9-24-14-6-4-3-5-12(14)16(17,18)19/h3-6,10-11,13,20H,7-9H2,1-2H3,(H,21,22)/t10-,11+,13-/m1/s1. The summed E-state index contributed by atoms with van der Waals surface area (Å²) in [6.45, 7) is 2.22. The molecule has 1 amide bonds. The van der Waals surface area contributed by atoms with E-state index in [0.29, 0.717) is 13.0 Å². The number of hydrogen-bond acceptors (Lipinski definition) is 4. The van der Waals surface area contributed by atoms with E-state index < -0.39 is 17.8 Å². The fraction of sp³-hybridized carbons (Fsp3) is 0.562. The summed E-state index contributed by atoms with van der Waals surface area (Å²) in [4.78, 5) is 12.1. The van der Waals surface area contributed by atoms with Crippen LogP contribution in [0.2, 0.25) is 0 Å². The summed E-state index contributed by atoms with van der Waals surface area (Å²) < 4.78 is 49.1. The molecule has 1 fully saturated rings. The molecule has 134 valence electrons. The highest BCUT2D eigenvalue weighted by Gasteiger charge is 2.34. The maximum atomic E-state index is 12.9. The van der Waals surface area contributed by atoms with E-state index in [-0.39, 0.29) is 30.4 Å². The van der Waals surface area contributed by atoms with Crippen molar-refractivity contribution in [2.24, 2.45) is 0 Å². The Morgan fingerprint density at radius 3 is 2.75 bits per heavy atom. The molecular formula is C16H21F3N2O3. The predicted octanol–water partition coefficient (Wildman–Crippen LogP) is 1.97. The summed E-state index contributed by atoms with van der Waals surface area (Å²) in [6.07, 6.45) is -3.93. The molecular weight excluding hydrogens is 325 g/mol. The van der Waals surface area contributed by atoms with Gasteiger partial charge < -0.3 is 20.1 Å². The van der Waals surface area contributed by atoms with E-state index in [1.807, 2.05) is 0 Å². The number of hydrogen-bond donors (Lipinski definition) is 2. The van der Waals surface area contributed by atoms with Gasteiger partial charge in [0, 0.05) is 13.7 Å². The minimum atomic E-state index is -4.48. The minimum absolute atomic E-state index is 0.00836. The second kappa shape index (κ2) is 7.85. The topological polar surface area (TPSA) is 59.6 Å². The van der Waals surface area contributed by atoms with Gasteiger partial charge in [0.2, 0.25) is 5.91 Å². The quantitative estimate of drug-likeness (QED) is 0.827. The van der Waals surface area contributed by atoms with Crippen molar-refractivity contribution in [2.75, 3.05) is 20.3 Å². The van der Waals surface area contributed by atoms with Gasteiger partial charge in [0.25, 0.3) is 0 Å². The Morgan fingerprint density at radius 2 is 2.12 bits per heavy atom. The van der Waals surface area contributed by atoms with Gasteiger partial charge in [0.05, 0.1) is 23.8 Å². The van der Waals surface area contributed by atoms with Crippen molar-refractivity contribution in [3.8, 4) is 5.75 Å². The SMILES string of the molecule is CO[C@@H]1CN[C@@H](C(=O)N[C@H](C)COc2ccccc2C(F)(F)F)C1. The molecule has 8 heteroatoms. The van der Waals surface area contributed by atoms with Crippen LogP contribution < -0.4 is 15.4 Å². The number of benzene rings is 1. The highest BCUT2D eigenvalue weighted by molar-refractivity contribution is 5.82. The molecule has 0 spiro atoms. The van der Waals surface area contributed by atoms with Crippen LogP contribution in [0.25, 0.3) is 0 Å². The van der Waals surface area contributed by atoms with Crippen LogP contribution in [0.3, 0.4) is 0 Å². The molecule has 0 radical (unpaired) electrons. The molecule has 24 heavy (non-hydrogen) atoms. The molecule has 0 aromatic heterocycles. The van der Waals surface area contributed by atoms with Crippen LogP contribution >= 0.6 is 0 Å². The lowest BCUT2D eigenvalue weighted by Gasteiger charge is -2.19. The predicted molar refractivity (Wildman–Crippen MR) is 81.7 cm³/mol. The van der Waals surface area contributed by atoms with Gasteiger partial charge >= 0.3 is 6.18 Å². The van der Waals surface area contributed by atoms with Gasteiger partial charge in [0.1, 0.15) is 12.4 Å². The van der Waals surface area contributed by atoms with Crippen molar-refractivity contribution in [3.63, 3.8) is 0 Å². The molecule has 2 rings (SSSR count). The molecule has 3 atom stereocenters. The van der Waals surface area contributed by atoms with Crippen LogP contribution in [0.4, 0.5) is 13.2 Å². The number of rotatable bonds is 6. The number of ether oxygens (including phenoxy) is 2. The first-order chi connectivity index (χ1) is 11.3. The number of alkyl halides is 3. The third-order valence-electron chi connectivity index (χ3n) is 3.81. The first-order valence-corrected chi connectivity index (χ1v) is 7.67. The van der Waals surface area contributed by atoms with Crippen LogP contribution in [-0.4, -0.2) is 44.4 Å². The lowest BCUT2D eigenvalue weighted by Crippen LogP contribution is -2.46. The Labute approximate surface area is 138 Å². The zero-order valence-electron chi connectivity index (χ0n) is 13.5. The molecule has 0 unspecified atom stereocenters. The average molecular weight is 346 g/mol. The summed E-state index contributed by atoms with van der Waals surface area (Å²) in [5.41, 5.74) is -0.830. The van der Waals surface area contributed by atoms with Crippen molar-refractivity contribution in [1.29, 1.82) is 0 Å². The number of carbonyl (C=O) groups excluding carboxylic acids is 1. The number of para-hydroxylation sites is 1.